The minimum atomic E-state index is -0.161. The number of piperazine rings is 1. The normalized spacial score (nSPS) is 18.1. The summed E-state index contributed by atoms with van der Waals surface area (Å²) in [5, 5.41) is 0. The second-order valence-electron chi connectivity index (χ2n) is 9.64. The number of benzene rings is 2. The SMILES string of the molecule is O=C(CCCc1ccccc1)N1CCN(C(=O)C2CCCN(C(=O)CCOc3ccccc3)C2)CC1. The Morgan fingerprint density at radius 2 is 1.39 bits per heavy atom. The molecule has 0 saturated carbocycles. The lowest BCUT2D eigenvalue weighted by atomic mass is 9.96. The number of hydrogen-bond donors (Lipinski definition) is 0. The fraction of sp³-hybridized carbons (Fsp3) is 0.483. The fourth-order valence-corrected chi connectivity index (χ4v) is 5.02. The van der Waals surface area contributed by atoms with E-state index in [0.717, 1.165) is 31.4 Å². The molecule has 7 nitrogen and oxygen atoms in total. The Morgan fingerprint density at radius 3 is 2.11 bits per heavy atom. The van der Waals surface area contributed by atoms with Crippen LogP contribution in [0.25, 0.3) is 0 Å². The number of para-hydroxylation sites is 1. The van der Waals surface area contributed by atoms with Gasteiger partial charge in [-0.15, -0.1) is 0 Å². The molecule has 4 rings (SSSR count). The van der Waals surface area contributed by atoms with Crippen molar-refractivity contribution in [3.05, 3.63) is 66.2 Å². The summed E-state index contributed by atoms with van der Waals surface area (Å²) < 4.78 is 5.66. The molecule has 1 unspecified atom stereocenters. The summed E-state index contributed by atoms with van der Waals surface area (Å²) in [5.74, 6) is 0.917. The van der Waals surface area contributed by atoms with Crippen molar-refractivity contribution in [2.75, 3.05) is 45.9 Å². The van der Waals surface area contributed by atoms with Gasteiger partial charge in [0.1, 0.15) is 5.75 Å². The number of hydrogen-bond acceptors (Lipinski definition) is 4. The van der Waals surface area contributed by atoms with Crippen LogP contribution in [0, 0.1) is 5.92 Å². The second kappa shape index (κ2) is 13.1. The largest absolute Gasteiger partial charge is 0.493 e. The summed E-state index contributed by atoms with van der Waals surface area (Å²) in [6.45, 7) is 3.81. The Bertz CT molecular complexity index is 990. The van der Waals surface area contributed by atoms with Crippen LogP contribution in [-0.2, 0) is 20.8 Å². The van der Waals surface area contributed by atoms with Gasteiger partial charge in [0.25, 0.3) is 0 Å². The van der Waals surface area contributed by atoms with Gasteiger partial charge in [0.05, 0.1) is 18.9 Å². The molecular weight excluding hydrogens is 454 g/mol. The van der Waals surface area contributed by atoms with E-state index in [9.17, 15) is 14.4 Å². The summed E-state index contributed by atoms with van der Waals surface area (Å²) in [5.41, 5.74) is 1.25. The lowest BCUT2D eigenvalue weighted by Crippen LogP contribution is -2.54. The molecule has 2 fully saturated rings. The minimum absolute atomic E-state index is 0.0364. The van der Waals surface area contributed by atoms with Gasteiger partial charge in [0.15, 0.2) is 0 Å². The van der Waals surface area contributed by atoms with E-state index in [0.29, 0.717) is 58.7 Å². The third-order valence-electron chi connectivity index (χ3n) is 7.09. The van der Waals surface area contributed by atoms with Gasteiger partial charge in [0.2, 0.25) is 17.7 Å². The third-order valence-corrected chi connectivity index (χ3v) is 7.09. The average molecular weight is 492 g/mol. The molecule has 2 aliphatic rings. The first-order valence-corrected chi connectivity index (χ1v) is 13.2. The van der Waals surface area contributed by atoms with Crippen LogP contribution in [0.5, 0.6) is 5.75 Å². The molecule has 2 aromatic carbocycles. The molecule has 192 valence electrons. The van der Waals surface area contributed by atoms with E-state index in [-0.39, 0.29) is 23.6 Å². The number of nitrogens with zero attached hydrogens (tertiary/aromatic N) is 3. The van der Waals surface area contributed by atoms with E-state index in [4.69, 9.17) is 4.74 Å². The van der Waals surface area contributed by atoms with Crippen molar-refractivity contribution in [3.8, 4) is 5.75 Å². The molecule has 2 saturated heterocycles. The van der Waals surface area contributed by atoms with Crippen LogP contribution in [-0.4, -0.2) is 78.3 Å². The average Bonchev–Trinajstić information content (AvgIpc) is 2.94. The van der Waals surface area contributed by atoms with E-state index in [1.54, 1.807) is 0 Å². The summed E-state index contributed by atoms with van der Waals surface area (Å²) in [6, 6.07) is 19.7. The van der Waals surface area contributed by atoms with E-state index in [1.807, 2.05) is 63.2 Å². The Kier molecular flexibility index (Phi) is 9.36. The minimum Gasteiger partial charge on any atom is -0.493 e. The van der Waals surface area contributed by atoms with Gasteiger partial charge < -0.3 is 19.4 Å². The first-order valence-electron chi connectivity index (χ1n) is 13.2. The van der Waals surface area contributed by atoms with Crippen LogP contribution in [0.15, 0.2) is 60.7 Å². The molecule has 7 heteroatoms. The van der Waals surface area contributed by atoms with Crippen molar-refractivity contribution in [3.63, 3.8) is 0 Å². The van der Waals surface area contributed by atoms with Crippen molar-refractivity contribution < 1.29 is 19.1 Å². The van der Waals surface area contributed by atoms with Crippen LogP contribution in [0.1, 0.15) is 37.7 Å². The fourth-order valence-electron chi connectivity index (χ4n) is 5.02. The van der Waals surface area contributed by atoms with Crippen LogP contribution < -0.4 is 4.74 Å². The number of carbonyl (C=O) groups excluding carboxylic acids is 3. The van der Waals surface area contributed by atoms with Crippen LogP contribution in [0.4, 0.5) is 0 Å². The molecule has 36 heavy (non-hydrogen) atoms. The maximum Gasteiger partial charge on any atom is 0.227 e. The van der Waals surface area contributed by atoms with Crippen molar-refractivity contribution in [1.82, 2.24) is 14.7 Å². The number of likely N-dealkylation sites (tertiary alicyclic amines) is 1. The maximum atomic E-state index is 13.2. The quantitative estimate of drug-likeness (QED) is 0.539. The summed E-state index contributed by atoms with van der Waals surface area (Å²) >= 11 is 0. The highest BCUT2D eigenvalue weighted by Gasteiger charge is 2.33. The van der Waals surface area contributed by atoms with Crippen molar-refractivity contribution in [2.24, 2.45) is 5.92 Å². The molecular formula is C29H37N3O4. The molecule has 0 aliphatic carbocycles. The highest BCUT2D eigenvalue weighted by molar-refractivity contribution is 5.82. The third kappa shape index (κ3) is 7.33. The first kappa shape index (κ1) is 25.7. The van der Waals surface area contributed by atoms with Crippen LogP contribution in [0.2, 0.25) is 0 Å². The Morgan fingerprint density at radius 1 is 0.750 bits per heavy atom. The molecule has 0 bridgehead atoms. The smallest absolute Gasteiger partial charge is 0.227 e. The van der Waals surface area contributed by atoms with Gasteiger partial charge in [-0.25, -0.2) is 0 Å². The number of ether oxygens (including phenoxy) is 1. The molecule has 0 radical (unpaired) electrons. The van der Waals surface area contributed by atoms with E-state index >= 15 is 0 Å². The molecule has 2 aromatic rings. The number of piperidine rings is 1. The topological polar surface area (TPSA) is 70.2 Å². The highest BCUT2D eigenvalue weighted by atomic mass is 16.5. The van der Waals surface area contributed by atoms with Gasteiger partial charge >= 0.3 is 0 Å². The zero-order valence-corrected chi connectivity index (χ0v) is 21.0. The number of amides is 3. The second-order valence-corrected chi connectivity index (χ2v) is 9.64. The van der Waals surface area contributed by atoms with Gasteiger partial charge in [-0.05, 0) is 43.4 Å². The number of aryl methyl sites for hydroxylation is 1. The lowest BCUT2D eigenvalue weighted by molar-refractivity contribution is -0.145. The molecule has 1 atom stereocenters. The van der Waals surface area contributed by atoms with Gasteiger partial charge in [0, 0.05) is 45.7 Å². The van der Waals surface area contributed by atoms with Crippen molar-refractivity contribution in [1.29, 1.82) is 0 Å². The van der Waals surface area contributed by atoms with Crippen molar-refractivity contribution in [2.45, 2.75) is 38.5 Å². The predicted molar refractivity (Wildman–Crippen MR) is 138 cm³/mol. The lowest BCUT2D eigenvalue weighted by Gasteiger charge is -2.39. The monoisotopic (exact) mass is 491 g/mol. The molecule has 0 spiro atoms. The summed E-state index contributed by atoms with van der Waals surface area (Å²) in [7, 11) is 0. The molecule has 0 aromatic heterocycles. The van der Waals surface area contributed by atoms with Gasteiger partial charge in [-0.2, -0.15) is 0 Å². The van der Waals surface area contributed by atoms with E-state index in [1.165, 1.54) is 5.56 Å². The van der Waals surface area contributed by atoms with Crippen LogP contribution in [0.3, 0.4) is 0 Å². The maximum absolute atomic E-state index is 13.2. The number of rotatable bonds is 9. The number of carbonyl (C=O) groups is 3. The van der Waals surface area contributed by atoms with E-state index < -0.39 is 0 Å². The summed E-state index contributed by atoms with van der Waals surface area (Å²) in [6.07, 6.45) is 4.23. The van der Waals surface area contributed by atoms with E-state index in [2.05, 4.69) is 12.1 Å². The van der Waals surface area contributed by atoms with Gasteiger partial charge in [-0.3, -0.25) is 14.4 Å². The predicted octanol–water partition coefficient (Wildman–Crippen LogP) is 3.39. The Labute approximate surface area is 214 Å². The zero-order valence-electron chi connectivity index (χ0n) is 21.0. The van der Waals surface area contributed by atoms with Gasteiger partial charge in [-0.1, -0.05) is 48.5 Å². The van der Waals surface area contributed by atoms with Crippen LogP contribution >= 0.6 is 0 Å². The standard InChI is InChI=1S/C29H37N3O4/c33-27(15-7-11-24-9-3-1-4-10-24)30-18-20-31(21-19-30)29(35)25-12-8-17-32(23-25)28(34)16-22-36-26-13-5-2-6-14-26/h1-6,9-10,13-14,25H,7-8,11-12,15-23H2. The Hall–Kier alpha value is -3.35. The Balaban J connectivity index is 1.16. The zero-order chi connectivity index (χ0) is 25.2. The highest BCUT2D eigenvalue weighted by Crippen LogP contribution is 2.21. The molecule has 2 heterocycles. The van der Waals surface area contributed by atoms with Crippen molar-refractivity contribution >= 4 is 17.7 Å². The molecule has 0 N–H and O–H groups in total. The first-order chi connectivity index (χ1) is 17.6. The molecule has 2 aliphatic heterocycles. The molecule has 3 amide bonds. The summed E-state index contributed by atoms with van der Waals surface area (Å²) in [4.78, 5) is 44.1.